The summed E-state index contributed by atoms with van der Waals surface area (Å²) < 4.78 is 4.64. The summed E-state index contributed by atoms with van der Waals surface area (Å²) in [6.07, 6.45) is 3.94. The topological polar surface area (TPSA) is 58.6 Å². The van der Waals surface area contributed by atoms with Crippen molar-refractivity contribution < 1.29 is 14.6 Å². The monoisotopic (exact) mass is 229 g/mol. The Morgan fingerprint density at radius 1 is 1.50 bits per heavy atom. The fourth-order valence-corrected chi connectivity index (χ4v) is 1.38. The quantitative estimate of drug-likeness (QED) is 0.373. The highest BCUT2D eigenvalue weighted by molar-refractivity contribution is 5.88. The minimum absolute atomic E-state index is 0.279. The molecule has 16 heavy (non-hydrogen) atoms. The second-order valence-corrected chi connectivity index (χ2v) is 3.68. The highest BCUT2D eigenvalue weighted by Gasteiger charge is 2.06. The lowest BCUT2D eigenvalue weighted by Crippen LogP contribution is -2.27. The molecule has 4 heteroatoms. The molecule has 0 bridgehead atoms. The van der Waals surface area contributed by atoms with Gasteiger partial charge >= 0.3 is 5.97 Å². The van der Waals surface area contributed by atoms with E-state index < -0.39 is 0 Å². The van der Waals surface area contributed by atoms with Crippen LogP contribution in [0.5, 0.6) is 0 Å². The number of methoxy groups -OCH3 is 1. The van der Waals surface area contributed by atoms with E-state index in [0.29, 0.717) is 25.1 Å². The first kappa shape index (κ1) is 15.1. The van der Waals surface area contributed by atoms with E-state index in [0.717, 1.165) is 12.8 Å². The molecule has 0 aromatic heterocycles. The van der Waals surface area contributed by atoms with Crippen molar-refractivity contribution in [2.45, 2.75) is 39.2 Å². The van der Waals surface area contributed by atoms with E-state index in [1.165, 1.54) is 7.11 Å². The Hall–Kier alpha value is -0.870. The van der Waals surface area contributed by atoms with E-state index in [1.807, 2.05) is 19.9 Å². The molecular weight excluding hydrogens is 206 g/mol. The van der Waals surface area contributed by atoms with E-state index in [4.69, 9.17) is 0 Å². The molecule has 1 unspecified atom stereocenters. The van der Waals surface area contributed by atoms with Crippen molar-refractivity contribution >= 4 is 5.97 Å². The first-order valence-electron chi connectivity index (χ1n) is 5.81. The summed E-state index contributed by atoms with van der Waals surface area (Å²) in [7, 11) is 1.38. The van der Waals surface area contributed by atoms with Gasteiger partial charge in [-0.05, 0) is 12.8 Å². The lowest BCUT2D eigenvalue weighted by Gasteiger charge is -2.09. The van der Waals surface area contributed by atoms with Crippen LogP contribution in [0, 0.1) is 0 Å². The zero-order chi connectivity index (χ0) is 12.4. The van der Waals surface area contributed by atoms with Crippen molar-refractivity contribution in [3.05, 3.63) is 11.6 Å². The predicted molar refractivity (Wildman–Crippen MR) is 64.2 cm³/mol. The lowest BCUT2D eigenvalue weighted by molar-refractivity contribution is -0.136. The Morgan fingerprint density at radius 3 is 2.69 bits per heavy atom. The van der Waals surface area contributed by atoms with Crippen LogP contribution in [-0.4, -0.2) is 37.4 Å². The highest BCUT2D eigenvalue weighted by atomic mass is 16.5. The van der Waals surface area contributed by atoms with Gasteiger partial charge in [0.05, 0.1) is 13.2 Å². The van der Waals surface area contributed by atoms with Crippen LogP contribution in [0.2, 0.25) is 0 Å². The maximum Gasteiger partial charge on any atom is 0.333 e. The number of carbonyl (C=O) groups excluding carboxylic acids is 1. The molecule has 0 rings (SSSR count). The van der Waals surface area contributed by atoms with E-state index >= 15 is 0 Å². The van der Waals surface area contributed by atoms with E-state index in [2.05, 4.69) is 10.1 Å². The van der Waals surface area contributed by atoms with Crippen LogP contribution in [0.25, 0.3) is 0 Å². The molecule has 0 aliphatic rings. The van der Waals surface area contributed by atoms with Crippen molar-refractivity contribution in [3.8, 4) is 0 Å². The molecule has 0 saturated carbocycles. The second kappa shape index (κ2) is 9.36. The van der Waals surface area contributed by atoms with Crippen LogP contribution in [0.1, 0.15) is 33.1 Å². The van der Waals surface area contributed by atoms with Crippen LogP contribution in [0.3, 0.4) is 0 Å². The zero-order valence-electron chi connectivity index (χ0n) is 10.5. The summed E-state index contributed by atoms with van der Waals surface area (Å²) >= 11 is 0. The molecule has 0 fully saturated rings. The molecule has 0 aromatic rings. The summed E-state index contributed by atoms with van der Waals surface area (Å²) in [4.78, 5) is 11.2. The molecule has 0 aliphatic heterocycles. The van der Waals surface area contributed by atoms with Gasteiger partial charge in [-0.15, -0.1) is 0 Å². The van der Waals surface area contributed by atoms with Crippen LogP contribution in [-0.2, 0) is 9.53 Å². The number of rotatable bonds is 8. The van der Waals surface area contributed by atoms with Gasteiger partial charge in [0.1, 0.15) is 0 Å². The molecular formula is C12H23NO3. The lowest BCUT2D eigenvalue weighted by atomic mass is 10.2. The van der Waals surface area contributed by atoms with Crippen molar-refractivity contribution in [3.63, 3.8) is 0 Å². The Bertz CT molecular complexity index is 226. The minimum atomic E-state index is -0.304. The molecule has 2 N–H and O–H groups in total. The highest BCUT2D eigenvalue weighted by Crippen LogP contribution is 2.01. The largest absolute Gasteiger partial charge is 0.466 e. The van der Waals surface area contributed by atoms with E-state index in [9.17, 15) is 9.90 Å². The molecule has 0 aliphatic carbocycles. The molecule has 0 aromatic carbocycles. The van der Waals surface area contributed by atoms with Crippen LogP contribution >= 0.6 is 0 Å². The van der Waals surface area contributed by atoms with Gasteiger partial charge in [0.15, 0.2) is 0 Å². The SMILES string of the molecule is CCCC(O)CNC/C=C(/CC)C(=O)OC. The molecule has 0 radical (unpaired) electrons. The van der Waals surface area contributed by atoms with E-state index in [-0.39, 0.29) is 12.1 Å². The molecule has 0 spiro atoms. The number of esters is 1. The molecule has 0 amide bonds. The number of carbonyl (C=O) groups is 1. The summed E-state index contributed by atoms with van der Waals surface area (Å²) in [5, 5.41) is 12.5. The van der Waals surface area contributed by atoms with Crippen LogP contribution in [0.15, 0.2) is 11.6 Å². The summed E-state index contributed by atoms with van der Waals surface area (Å²) in [6, 6.07) is 0. The Labute approximate surface area is 97.7 Å². The third kappa shape index (κ3) is 6.58. The first-order chi connectivity index (χ1) is 7.65. The average molecular weight is 229 g/mol. The van der Waals surface area contributed by atoms with Crippen LogP contribution in [0.4, 0.5) is 0 Å². The van der Waals surface area contributed by atoms with Gasteiger partial charge in [0.2, 0.25) is 0 Å². The average Bonchev–Trinajstić information content (AvgIpc) is 2.28. The maximum atomic E-state index is 11.2. The Kier molecular flexibility index (Phi) is 8.85. The first-order valence-corrected chi connectivity index (χ1v) is 5.81. The minimum Gasteiger partial charge on any atom is -0.466 e. The number of aliphatic hydroxyl groups excluding tert-OH is 1. The molecule has 0 heterocycles. The van der Waals surface area contributed by atoms with Crippen molar-refractivity contribution in [2.24, 2.45) is 0 Å². The fourth-order valence-electron chi connectivity index (χ4n) is 1.38. The smallest absolute Gasteiger partial charge is 0.333 e. The predicted octanol–water partition coefficient (Wildman–Crippen LogP) is 1.25. The normalized spacial score (nSPS) is 13.6. The van der Waals surface area contributed by atoms with E-state index in [1.54, 1.807) is 0 Å². The second-order valence-electron chi connectivity index (χ2n) is 3.68. The van der Waals surface area contributed by atoms with Crippen molar-refractivity contribution in [2.75, 3.05) is 20.2 Å². The standard InChI is InChI=1S/C12H23NO3/c1-4-6-11(14)9-13-8-7-10(5-2)12(15)16-3/h7,11,13-14H,4-6,8-9H2,1-3H3/b10-7-. The number of nitrogens with one attached hydrogen (secondary N) is 1. The Balaban J connectivity index is 3.84. The van der Waals surface area contributed by atoms with Gasteiger partial charge < -0.3 is 15.2 Å². The summed E-state index contributed by atoms with van der Waals surface area (Å²) in [5.74, 6) is -0.279. The van der Waals surface area contributed by atoms with Gasteiger partial charge in [-0.3, -0.25) is 0 Å². The molecule has 4 nitrogen and oxygen atoms in total. The van der Waals surface area contributed by atoms with Crippen molar-refractivity contribution in [1.82, 2.24) is 5.32 Å². The Morgan fingerprint density at radius 2 is 2.19 bits per heavy atom. The van der Waals surface area contributed by atoms with Crippen molar-refractivity contribution in [1.29, 1.82) is 0 Å². The third-order valence-electron chi connectivity index (χ3n) is 2.32. The number of aliphatic hydroxyl groups is 1. The number of hydrogen-bond acceptors (Lipinski definition) is 4. The summed E-state index contributed by atoms with van der Waals surface area (Å²) in [5.41, 5.74) is 0.667. The number of hydrogen-bond donors (Lipinski definition) is 2. The zero-order valence-corrected chi connectivity index (χ0v) is 10.5. The van der Waals surface area contributed by atoms with Gasteiger partial charge in [0.25, 0.3) is 0 Å². The molecule has 94 valence electrons. The fraction of sp³-hybridized carbons (Fsp3) is 0.750. The molecule has 0 saturated heterocycles. The number of ether oxygens (including phenoxy) is 1. The summed E-state index contributed by atoms with van der Waals surface area (Å²) in [6.45, 7) is 5.09. The van der Waals surface area contributed by atoms with Gasteiger partial charge in [-0.2, -0.15) is 0 Å². The molecule has 1 atom stereocenters. The maximum absolute atomic E-state index is 11.2. The van der Waals surface area contributed by atoms with Crippen LogP contribution < -0.4 is 5.32 Å². The third-order valence-corrected chi connectivity index (χ3v) is 2.32. The van der Waals surface area contributed by atoms with Gasteiger partial charge in [-0.25, -0.2) is 4.79 Å². The van der Waals surface area contributed by atoms with Gasteiger partial charge in [-0.1, -0.05) is 26.3 Å². The van der Waals surface area contributed by atoms with Gasteiger partial charge in [0, 0.05) is 18.7 Å².